The third kappa shape index (κ3) is 3.85. The number of rotatable bonds is 5. The van der Waals surface area contributed by atoms with E-state index in [9.17, 15) is 0 Å². The van der Waals surface area contributed by atoms with Gasteiger partial charge in [0.05, 0.1) is 0 Å². The van der Waals surface area contributed by atoms with E-state index in [4.69, 9.17) is 0 Å². The first-order valence-corrected chi connectivity index (χ1v) is 8.28. The SMILES string of the molecule is CCNC(c1ccccc1)C(C)N1CC(C)N(C)C(C)C1. The molecule has 1 aromatic rings. The number of nitrogens with zero attached hydrogens (tertiary/aromatic N) is 2. The molecule has 3 heteroatoms. The Bertz CT molecular complexity index is 408. The van der Waals surface area contributed by atoms with Gasteiger partial charge in [0.25, 0.3) is 0 Å². The Morgan fingerprint density at radius 3 is 2.24 bits per heavy atom. The molecule has 1 aliphatic heterocycles. The van der Waals surface area contributed by atoms with E-state index < -0.39 is 0 Å². The zero-order chi connectivity index (χ0) is 15.4. The second-order valence-electron chi connectivity index (χ2n) is 6.50. The molecule has 1 N–H and O–H groups in total. The summed E-state index contributed by atoms with van der Waals surface area (Å²) in [6.45, 7) is 12.5. The van der Waals surface area contributed by atoms with Crippen molar-refractivity contribution in [1.29, 1.82) is 0 Å². The standard InChI is InChI=1S/C18H31N3/c1-6-19-18(17-10-8-7-9-11-17)16(4)21-12-14(2)20(5)15(3)13-21/h7-11,14-16,18-19H,6,12-13H2,1-5H3. The van der Waals surface area contributed by atoms with E-state index in [1.54, 1.807) is 0 Å². The van der Waals surface area contributed by atoms with Crippen LogP contribution >= 0.6 is 0 Å². The van der Waals surface area contributed by atoms with E-state index in [1.165, 1.54) is 5.56 Å². The number of benzene rings is 1. The maximum atomic E-state index is 3.68. The van der Waals surface area contributed by atoms with Crippen molar-refractivity contribution in [3.05, 3.63) is 35.9 Å². The lowest BCUT2D eigenvalue weighted by Crippen LogP contribution is -2.58. The Morgan fingerprint density at radius 2 is 1.71 bits per heavy atom. The first-order valence-electron chi connectivity index (χ1n) is 8.28. The smallest absolute Gasteiger partial charge is 0.0475 e. The van der Waals surface area contributed by atoms with Crippen LogP contribution in [0.25, 0.3) is 0 Å². The maximum absolute atomic E-state index is 3.68. The van der Waals surface area contributed by atoms with Crippen molar-refractivity contribution in [2.45, 2.75) is 51.9 Å². The Hall–Kier alpha value is -0.900. The Morgan fingerprint density at radius 1 is 1.14 bits per heavy atom. The molecule has 0 bridgehead atoms. The van der Waals surface area contributed by atoms with E-state index in [0.29, 0.717) is 24.2 Å². The molecule has 0 aromatic heterocycles. The van der Waals surface area contributed by atoms with Crippen molar-refractivity contribution < 1.29 is 0 Å². The lowest BCUT2D eigenvalue weighted by atomic mass is 9.96. The van der Waals surface area contributed by atoms with Gasteiger partial charge in [-0.05, 0) is 39.9 Å². The van der Waals surface area contributed by atoms with Crippen molar-refractivity contribution in [2.75, 3.05) is 26.7 Å². The molecular formula is C18H31N3. The minimum Gasteiger partial charge on any atom is -0.309 e. The fourth-order valence-corrected chi connectivity index (χ4v) is 3.44. The third-order valence-electron chi connectivity index (χ3n) is 5.03. The molecule has 2 rings (SSSR count). The van der Waals surface area contributed by atoms with Crippen molar-refractivity contribution in [1.82, 2.24) is 15.1 Å². The van der Waals surface area contributed by atoms with Crippen molar-refractivity contribution in [3.63, 3.8) is 0 Å². The molecule has 1 fully saturated rings. The van der Waals surface area contributed by atoms with E-state index >= 15 is 0 Å². The van der Waals surface area contributed by atoms with Gasteiger partial charge in [0.1, 0.15) is 0 Å². The molecule has 0 spiro atoms. The summed E-state index contributed by atoms with van der Waals surface area (Å²) in [6, 6.07) is 13.0. The molecule has 21 heavy (non-hydrogen) atoms. The van der Waals surface area contributed by atoms with Gasteiger partial charge in [-0.25, -0.2) is 0 Å². The second kappa shape index (κ2) is 7.39. The first kappa shape index (κ1) is 16.5. The van der Waals surface area contributed by atoms with E-state index in [2.05, 4.69) is 80.2 Å². The summed E-state index contributed by atoms with van der Waals surface area (Å²) in [5.74, 6) is 0. The molecule has 4 unspecified atom stereocenters. The summed E-state index contributed by atoms with van der Waals surface area (Å²) < 4.78 is 0. The molecule has 4 atom stereocenters. The normalized spacial score (nSPS) is 27.5. The van der Waals surface area contributed by atoms with Crippen LogP contribution < -0.4 is 5.32 Å². The number of nitrogens with one attached hydrogen (secondary N) is 1. The highest BCUT2D eigenvalue weighted by molar-refractivity contribution is 5.20. The van der Waals surface area contributed by atoms with Gasteiger partial charge < -0.3 is 5.32 Å². The van der Waals surface area contributed by atoms with Crippen LogP contribution in [0, 0.1) is 0 Å². The van der Waals surface area contributed by atoms with Crippen LogP contribution in [0.5, 0.6) is 0 Å². The Kier molecular flexibility index (Phi) is 5.80. The van der Waals surface area contributed by atoms with Crippen LogP contribution in [0.2, 0.25) is 0 Å². The van der Waals surface area contributed by atoms with Gasteiger partial charge in [0, 0.05) is 37.3 Å². The fraction of sp³-hybridized carbons (Fsp3) is 0.667. The molecule has 118 valence electrons. The van der Waals surface area contributed by atoms with Crippen LogP contribution in [-0.2, 0) is 0 Å². The monoisotopic (exact) mass is 289 g/mol. The average molecular weight is 289 g/mol. The topological polar surface area (TPSA) is 18.5 Å². The zero-order valence-corrected chi connectivity index (χ0v) is 14.2. The molecule has 1 saturated heterocycles. The Labute approximate surface area is 130 Å². The number of hydrogen-bond acceptors (Lipinski definition) is 3. The quantitative estimate of drug-likeness (QED) is 0.899. The van der Waals surface area contributed by atoms with Crippen molar-refractivity contribution in [2.24, 2.45) is 0 Å². The van der Waals surface area contributed by atoms with Crippen LogP contribution in [0.3, 0.4) is 0 Å². The predicted octanol–water partition coefficient (Wildman–Crippen LogP) is 2.75. The number of piperazine rings is 1. The van der Waals surface area contributed by atoms with E-state index in [-0.39, 0.29) is 0 Å². The third-order valence-corrected chi connectivity index (χ3v) is 5.03. The van der Waals surface area contributed by atoms with Crippen LogP contribution in [-0.4, -0.2) is 54.6 Å². The maximum Gasteiger partial charge on any atom is 0.0475 e. The second-order valence-corrected chi connectivity index (χ2v) is 6.50. The van der Waals surface area contributed by atoms with Gasteiger partial charge in [-0.3, -0.25) is 9.80 Å². The summed E-state index contributed by atoms with van der Waals surface area (Å²) >= 11 is 0. The first-order chi connectivity index (χ1) is 10.0. The lowest BCUT2D eigenvalue weighted by molar-refractivity contribution is 0.0277. The van der Waals surface area contributed by atoms with Gasteiger partial charge in [0.2, 0.25) is 0 Å². The summed E-state index contributed by atoms with van der Waals surface area (Å²) in [4.78, 5) is 5.14. The molecule has 1 aliphatic rings. The summed E-state index contributed by atoms with van der Waals surface area (Å²) in [5, 5.41) is 3.68. The fourth-order valence-electron chi connectivity index (χ4n) is 3.44. The van der Waals surface area contributed by atoms with E-state index in [0.717, 1.165) is 19.6 Å². The highest BCUT2D eigenvalue weighted by Crippen LogP contribution is 2.24. The molecule has 0 saturated carbocycles. The highest BCUT2D eigenvalue weighted by atomic mass is 15.3. The molecule has 1 heterocycles. The predicted molar refractivity (Wildman–Crippen MR) is 90.6 cm³/mol. The van der Waals surface area contributed by atoms with Crippen LogP contribution in [0.4, 0.5) is 0 Å². The number of hydrogen-bond donors (Lipinski definition) is 1. The van der Waals surface area contributed by atoms with Crippen molar-refractivity contribution in [3.8, 4) is 0 Å². The summed E-state index contributed by atoms with van der Waals surface area (Å²) in [5.41, 5.74) is 1.39. The highest BCUT2D eigenvalue weighted by Gasteiger charge is 2.32. The van der Waals surface area contributed by atoms with Gasteiger partial charge in [-0.1, -0.05) is 37.3 Å². The molecule has 1 aromatic carbocycles. The largest absolute Gasteiger partial charge is 0.309 e. The van der Waals surface area contributed by atoms with Gasteiger partial charge >= 0.3 is 0 Å². The van der Waals surface area contributed by atoms with Gasteiger partial charge in [-0.15, -0.1) is 0 Å². The van der Waals surface area contributed by atoms with Gasteiger partial charge in [0.15, 0.2) is 0 Å². The molecular weight excluding hydrogens is 258 g/mol. The van der Waals surface area contributed by atoms with Crippen LogP contribution in [0.1, 0.15) is 39.3 Å². The Balaban J connectivity index is 2.13. The lowest BCUT2D eigenvalue weighted by Gasteiger charge is -2.46. The van der Waals surface area contributed by atoms with Gasteiger partial charge in [-0.2, -0.15) is 0 Å². The summed E-state index contributed by atoms with van der Waals surface area (Å²) in [6.07, 6.45) is 0. The molecule has 0 radical (unpaired) electrons. The number of likely N-dealkylation sites (N-methyl/N-ethyl adjacent to an activating group) is 2. The zero-order valence-electron chi connectivity index (χ0n) is 14.2. The van der Waals surface area contributed by atoms with Crippen LogP contribution in [0.15, 0.2) is 30.3 Å². The molecule has 0 amide bonds. The molecule has 0 aliphatic carbocycles. The van der Waals surface area contributed by atoms with E-state index in [1.807, 2.05) is 0 Å². The minimum absolute atomic E-state index is 0.402. The van der Waals surface area contributed by atoms with Crippen molar-refractivity contribution >= 4 is 0 Å². The summed E-state index contributed by atoms with van der Waals surface area (Å²) in [7, 11) is 2.25. The minimum atomic E-state index is 0.402. The average Bonchev–Trinajstić information content (AvgIpc) is 2.50. The molecule has 3 nitrogen and oxygen atoms in total.